The SMILES string of the molecule is CCCCn1c(=O)[nH]c(=O)c2c1nc(Cn1nc(C(=O)O)c3ccccc3c1=O)n2CCC. The highest BCUT2D eigenvalue weighted by molar-refractivity contribution is 6.01. The van der Waals surface area contributed by atoms with Crippen molar-refractivity contribution in [2.24, 2.45) is 0 Å². The summed E-state index contributed by atoms with van der Waals surface area (Å²) in [6.07, 6.45) is 2.25. The van der Waals surface area contributed by atoms with Crippen LogP contribution in [-0.2, 0) is 19.6 Å². The minimum absolute atomic E-state index is 0.153. The molecule has 1 aromatic carbocycles. The van der Waals surface area contributed by atoms with Crippen LogP contribution in [0.15, 0.2) is 38.6 Å². The Morgan fingerprint density at radius 1 is 1.03 bits per heavy atom. The van der Waals surface area contributed by atoms with Crippen molar-refractivity contribution >= 4 is 27.9 Å². The Kier molecular flexibility index (Phi) is 5.95. The van der Waals surface area contributed by atoms with Gasteiger partial charge in [-0.05, 0) is 18.9 Å². The third kappa shape index (κ3) is 3.86. The first-order chi connectivity index (χ1) is 15.9. The number of carbonyl (C=O) groups is 1. The van der Waals surface area contributed by atoms with E-state index in [2.05, 4.69) is 15.1 Å². The quantitative estimate of drug-likeness (QED) is 0.412. The molecule has 0 saturated heterocycles. The van der Waals surface area contributed by atoms with Crippen LogP contribution in [0.2, 0.25) is 0 Å². The second kappa shape index (κ2) is 8.85. The summed E-state index contributed by atoms with van der Waals surface area (Å²) in [5.74, 6) is -0.915. The standard InChI is InChI=1S/C22H24N6O5/c1-3-5-11-27-18-17(19(29)24-22(27)33)26(10-4-2)15(23-18)12-28-20(30)14-9-7-6-8-13(14)16(25-28)21(31)32/h6-9H,3-5,10-12H2,1-2H3,(H,31,32)(H,24,29,33). The van der Waals surface area contributed by atoms with E-state index in [0.717, 1.165) is 17.5 Å². The minimum Gasteiger partial charge on any atom is -0.476 e. The highest BCUT2D eigenvalue weighted by Gasteiger charge is 2.21. The van der Waals surface area contributed by atoms with Gasteiger partial charge in [0.2, 0.25) is 0 Å². The van der Waals surface area contributed by atoms with Crippen LogP contribution >= 0.6 is 0 Å². The van der Waals surface area contributed by atoms with E-state index in [1.165, 1.54) is 10.6 Å². The Labute approximate surface area is 186 Å². The van der Waals surface area contributed by atoms with Crippen molar-refractivity contribution in [3.8, 4) is 0 Å². The molecule has 11 heteroatoms. The first kappa shape index (κ1) is 22.2. The van der Waals surface area contributed by atoms with Crippen LogP contribution in [0.4, 0.5) is 0 Å². The summed E-state index contributed by atoms with van der Waals surface area (Å²) in [6, 6.07) is 6.38. The number of nitrogens with one attached hydrogen (secondary N) is 1. The molecule has 2 N–H and O–H groups in total. The van der Waals surface area contributed by atoms with E-state index in [-0.39, 0.29) is 34.2 Å². The van der Waals surface area contributed by atoms with Crippen LogP contribution in [-0.4, -0.2) is 40.0 Å². The number of aryl methyl sites for hydroxylation is 2. The maximum atomic E-state index is 13.1. The number of rotatable bonds is 8. The van der Waals surface area contributed by atoms with Crippen molar-refractivity contribution in [3.05, 3.63) is 67.0 Å². The molecule has 0 spiro atoms. The van der Waals surface area contributed by atoms with Gasteiger partial charge in [0.1, 0.15) is 12.4 Å². The summed E-state index contributed by atoms with van der Waals surface area (Å²) in [7, 11) is 0. The Morgan fingerprint density at radius 2 is 1.76 bits per heavy atom. The monoisotopic (exact) mass is 452 g/mol. The number of aromatic amines is 1. The first-order valence-corrected chi connectivity index (χ1v) is 10.8. The van der Waals surface area contributed by atoms with Crippen LogP contribution in [0.3, 0.4) is 0 Å². The van der Waals surface area contributed by atoms with Gasteiger partial charge in [0.15, 0.2) is 16.9 Å². The highest BCUT2D eigenvalue weighted by Crippen LogP contribution is 2.16. The number of carboxylic acids is 1. The van der Waals surface area contributed by atoms with Gasteiger partial charge in [-0.2, -0.15) is 5.10 Å². The fraction of sp³-hybridized carbons (Fsp3) is 0.364. The number of aromatic nitrogens is 6. The van der Waals surface area contributed by atoms with Crippen LogP contribution in [0, 0.1) is 0 Å². The summed E-state index contributed by atoms with van der Waals surface area (Å²) in [5, 5.41) is 14.2. The molecule has 0 fully saturated rings. The van der Waals surface area contributed by atoms with Gasteiger partial charge in [0.25, 0.3) is 11.1 Å². The molecular weight excluding hydrogens is 428 g/mol. The normalized spacial score (nSPS) is 11.5. The summed E-state index contributed by atoms with van der Waals surface area (Å²) in [6.45, 7) is 4.59. The topological polar surface area (TPSA) is 145 Å². The average Bonchev–Trinajstić information content (AvgIpc) is 3.14. The number of hydrogen-bond donors (Lipinski definition) is 2. The number of imidazole rings is 1. The number of benzene rings is 1. The Balaban J connectivity index is 1.96. The zero-order chi connectivity index (χ0) is 23.7. The molecule has 3 aromatic heterocycles. The molecule has 11 nitrogen and oxygen atoms in total. The average molecular weight is 452 g/mol. The van der Waals surface area contributed by atoms with Crippen molar-refractivity contribution in [1.29, 1.82) is 0 Å². The van der Waals surface area contributed by atoms with Gasteiger partial charge >= 0.3 is 11.7 Å². The second-order valence-corrected chi connectivity index (χ2v) is 7.78. The molecule has 0 unspecified atom stereocenters. The number of nitrogens with zero attached hydrogens (tertiary/aromatic N) is 5. The molecule has 0 aliphatic heterocycles. The first-order valence-electron chi connectivity index (χ1n) is 10.8. The van der Waals surface area contributed by atoms with Crippen LogP contribution in [0.5, 0.6) is 0 Å². The van der Waals surface area contributed by atoms with E-state index in [0.29, 0.717) is 25.3 Å². The fourth-order valence-electron chi connectivity index (χ4n) is 3.96. The van der Waals surface area contributed by atoms with Crippen LogP contribution in [0.25, 0.3) is 21.9 Å². The van der Waals surface area contributed by atoms with Crippen molar-refractivity contribution in [2.45, 2.75) is 52.7 Å². The zero-order valence-corrected chi connectivity index (χ0v) is 18.4. The lowest BCUT2D eigenvalue weighted by Gasteiger charge is -2.10. The number of H-pyrrole nitrogens is 1. The number of aromatic carboxylic acids is 1. The number of unbranched alkanes of at least 4 members (excludes halogenated alkanes) is 1. The smallest absolute Gasteiger partial charge is 0.357 e. The summed E-state index contributed by atoms with van der Waals surface area (Å²) in [4.78, 5) is 56.9. The molecule has 3 heterocycles. The minimum atomic E-state index is -1.26. The summed E-state index contributed by atoms with van der Waals surface area (Å²) in [5.41, 5.74) is -1.32. The molecule has 0 aliphatic rings. The molecule has 0 atom stereocenters. The molecular formula is C22H24N6O5. The van der Waals surface area contributed by atoms with E-state index < -0.39 is 22.8 Å². The summed E-state index contributed by atoms with van der Waals surface area (Å²) >= 11 is 0. The lowest BCUT2D eigenvalue weighted by molar-refractivity contribution is 0.0690. The molecule has 0 saturated carbocycles. The third-order valence-electron chi connectivity index (χ3n) is 5.51. The highest BCUT2D eigenvalue weighted by atomic mass is 16.4. The lowest BCUT2D eigenvalue weighted by Crippen LogP contribution is -2.31. The van der Waals surface area contributed by atoms with Crippen molar-refractivity contribution < 1.29 is 9.90 Å². The van der Waals surface area contributed by atoms with E-state index >= 15 is 0 Å². The predicted molar refractivity (Wildman–Crippen MR) is 122 cm³/mol. The van der Waals surface area contributed by atoms with Crippen molar-refractivity contribution in [1.82, 2.24) is 28.9 Å². The van der Waals surface area contributed by atoms with Crippen LogP contribution < -0.4 is 16.8 Å². The number of fused-ring (bicyclic) bond motifs is 2. The van der Waals surface area contributed by atoms with Gasteiger partial charge in [-0.25, -0.2) is 19.3 Å². The fourth-order valence-corrected chi connectivity index (χ4v) is 3.96. The zero-order valence-electron chi connectivity index (χ0n) is 18.4. The Hall–Kier alpha value is -4.02. The molecule has 4 aromatic rings. The lowest BCUT2D eigenvalue weighted by atomic mass is 10.1. The molecule has 4 rings (SSSR count). The molecule has 0 bridgehead atoms. The molecule has 172 valence electrons. The van der Waals surface area contributed by atoms with Crippen LogP contribution in [0.1, 0.15) is 49.4 Å². The molecule has 0 radical (unpaired) electrons. The maximum absolute atomic E-state index is 13.1. The van der Waals surface area contributed by atoms with E-state index in [1.54, 1.807) is 22.8 Å². The van der Waals surface area contributed by atoms with Gasteiger partial charge in [0, 0.05) is 18.5 Å². The van der Waals surface area contributed by atoms with E-state index in [9.17, 15) is 24.3 Å². The molecule has 0 aliphatic carbocycles. The van der Waals surface area contributed by atoms with Gasteiger partial charge in [-0.15, -0.1) is 0 Å². The van der Waals surface area contributed by atoms with Crippen molar-refractivity contribution in [2.75, 3.05) is 0 Å². The largest absolute Gasteiger partial charge is 0.476 e. The van der Waals surface area contributed by atoms with Gasteiger partial charge in [-0.1, -0.05) is 38.5 Å². The Bertz CT molecular complexity index is 1540. The van der Waals surface area contributed by atoms with E-state index in [1.807, 2.05) is 13.8 Å². The van der Waals surface area contributed by atoms with Crippen molar-refractivity contribution in [3.63, 3.8) is 0 Å². The number of carboxylic acid groups (broad SMARTS) is 1. The third-order valence-corrected chi connectivity index (χ3v) is 5.51. The van der Waals surface area contributed by atoms with Gasteiger partial charge < -0.3 is 9.67 Å². The Morgan fingerprint density at radius 3 is 2.42 bits per heavy atom. The maximum Gasteiger partial charge on any atom is 0.357 e. The number of hydrogen-bond acceptors (Lipinski definition) is 6. The van der Waals surface area contributed by atoms with Gasteiger partial charge in [-0.3, -0.25) is 19.1 Å². The second-order valence-electron chi connectivity index (χ2n) is 7.78. The van der Waals surface area contributed by atoms with Gasteiger partial charge in [0.05, 0.1) is 5.39 Å². The van der Waals surface area contributed by atoms with E-state index in [4.69, 9.17) is 0 Å². The molecule has 0 amide bonds. The summed E-state index contributed by atoms with van der Waals surface area (Å²) < 4.78 is 4.14. The molecule has 33 heavy (non-hydrogen) atoms. The predicted octanol–water partition coefficient (Wildman–Crippen LogP) is 1.55.